The Morgan fingerprint density at radius 3 is 2.67 bits per heavy atom. The van der Waals surface area contributed by atoms with Crippen LogP contribution >= 0.6 is 11.6 Å². The Morgan fingerprint density at radius 2 is 2.10 bits per heavy atom. The van der Waals surface area contributed by atoms with Crippen LogP contribution in [0.4, 0.5) is 17.2 Å². The number of nitro groups is 1. The lowest BCUT2D eigenvalue weighted by molar-refractivity contribution is -0.384. The van der Waals surface area contributed by atoms with Crippen molar-refractivity contribution < 1.29 is 9.72 Å². The molecule has 0 aliphatic rings. The van der Waals surface area contributed by atoms with Crippen LogP contribution in [0.25, 0.3) is 0 Å². The van der Waals surface area contributed by atoms with E-state index in [2.05, 4.69) is 15.6 Å². The van der Waals surface area contributed by atoms with Crippen molar-refractivity contribution in [1.29, 1.82) is 0 Å². The van der Waals surface area contributed by atoms with Gasteiger partial charge in [0, 0.05) is 13.2 Å². The zero-order valence-corrected chi connectivity index (χ0v) is 11.7. The molecule has 0 saturated heterocycles. The summed E-state index contributed by atoms with van der Waals surface area (Å²) in [4.78, 5) is 26.6. The summed E-state index contributed by atoms with van der Waals surface area (Å²) in [5.74, 6) is -0.359. The molecule has 1 aromatic carbocycles. The number of hydrogen-bond acceptors (Lipinski definition) is 5. The molecule has 2 N–H and O–H groups in total. The number of carbonyl (C=O) groups excluding carboxylic acids is 1. The van der Waals surface area contributed by atoms with Crippen molar-refractivity contribution in [3.05, 3.63) is 57.2 Å². The van der Waals surface area contributed by atoms with Crippen LogP contribution in [0.15, 0.2) is 36.5 Å². The predicted molar refractivity (Wildman–Crippen MR) is 79.8 cm³/mol. The van der Waals surface area contributed by atoms with Crippen molar-refractivity contribution in [3.63, 3.8) is 0 Å². The first-order valence-corrected chi connectivity index (χ1v) is 6.29. The van der Waals surface area contributed by atoms with E-state index in [9.17, 15) is 14.9 Å². The number of para-hydroxylation sites is 1. The van der Waals surface area contributed by atoms with E-state index in [1.54, 1.807) is 19.2 Å². The van der Waals surface area contributed by atoms with Crippen LogP contribution in [-0.4, -0.2) is 22.9 Å². The van der Waals surface area contributed by atoms with Crippen LogP contribution in [0.2, 0.25) is 5.02 Å². The molecule has 0 spiro atoms. The number of aromatic nitrogens is 1. The van der Waals surface area contributed by atoms with Crippen molar-refractivity contribution in [3.8, 4) is 0 Å². The SMILES string of the molecule is CNc1cccc(C(=O)Nc2ccc(Cl)cn2)c1[N+](=O)[O-]. The normalized spacial score (nSPS) is 10.0. The average molecular weight is 307 g/mol. The highest BCUT2D eigenvalue weighted by Gasteiger charge is 2.24. The third kappa shape index (κ3) is 3.26. The highest BCUT2D eigenvalue weighted by molar-refractivity contribution is 6.30. The quantitative estimate of drug-likeness (QED) is 0.668. The summed E-state index contributed by atoms with van der Waals surface area (Å²) in [5.41, 5.74) is -0.0771. The maximum absolute atomic E-state index is 12.2. The number of amides is 1. The topological polar surface area (TPSA) is 97.2 Å². The van der Waals surface area contributed by atoms with E-state index in [1.165, 1.54) is 24.4 Å². The Bertz CT molecular complexity index is 688. The summed E-state index contributed by atoms with van der Waals surface area (Å²) in [7, 11) is 1.55. The zero-order chi connectivity index (χ0) is 15.4. The standard InChI is InChI=1S/C13H11ClN4O3/c1-15-10-4-2-3-9(12(10)18(20)21)13(19)17-11-6-5-8(14)7-16-11/h2-7,15H,1H3,(H,16,17,19). The first kappa shape index (κ1) is 14.7. The molecule has 2 aromatic rings. The van der Waals surface area contributed by atoms with Crippen LogP contribution in [0.5, 0.6) is 0 Å². The minimum atomic E-state index is -0.617. The van der Waals surface area contributed by atoms with E-state index in [0.717, 1.165) is 0 Å². The Balaban J connectivity index is 2.35. The zero-order valence-electron chi connectivity index (χ0n) is 11.0. The van der Waals surface area contributed by atoms with E-state index in [-0.39, 0.29) is 22.8 Å². The Kier molecular flexibility index (Phi) is 4.34. The molecule has 0 fully saturated rings. The summed E-state index contributed by atoms with van der Waals surface area (Å²) < 4.78 is 0. The van der Waals surface area contributed by atoms with Gasteiger partial charge in [0.05, 0.1) is 9.95 Å². The van der Waals surface area contributed by atoms with Crippen molar-refractivity contribution in [2.24, 2.45) is 0 Å². The molecular weight excluding hydrogens is 296 g/mol. The highest BCUT2D eigenvalue weighted by Crippen LogP contribution is 2.28. The van der Waals surface area contributed by atoms with Crippen LogP contribution in [0, 0.1) is 10.1 Å². The molecule has 0 aliphatic carbocycles. The number of benzene rings is 1. The highest BCUT2D eigenvalue weighted by atomic mass is 35.5. The van der Waals surface area contributed by atoms with Crippen LogP contribution in [-0.2, 0) is 0 Å². The summed E-state index contributed by atoms with van der Waals surface area (Å²) in [6, 6.07) is 7.53. The Morgan fingerprint density at radius 1 is 1.33 bits per heavy atom. The number of nitrogens with one attached hydrogen (secondary N) is 2. The first-order valence-electron chi connectivity index (χ1n) is 5.91. The van der Waals surface area contributed by atoms with Gasteiger partial charge in [0.15, 0.2) is 0 Å². The number of nitrogens with zero attached hydrogens (tertiary/aromatic N) is 2. The molecule has 2 rings (SSSR count). The molecule has 0 unspecified atom stereocenters. The molecule has 0 aliphatic heterocycles. The molecule has 108 valence electrons. The van der Waals surface area contributed by atoms with Gasteiger partial charge in [-0.3, -0.25) is 14.9 Å². The van der Waals surface area contributed by atoms with Gasteiger partial charge in [0.1, 0.15) is 17.1 Å². The van der Waals surface area contributed by atoms with Crippen molar-refractivity contribution in [1.82, 2.24) is 4.98 Å². The van der Waals surface area contributed by atoms with Gasteiger partial charge < -0.3 is 10.6 Å². The van der Waals surface area contributed by atoms with Gasteiger partial charge >= 0.3 is 5.69 Å². The van der Waals surface area contributed by atoms with E-state index >= 15 is 0 Å². The number of pyridine rings is 1. The van der Waals surface area contributed by atoms with Crippen molar-refractivity contribution >= 4 is 34.7 Å². The third-order valence-corrected chi connectivity index (χ3v) is 2.93. The number of halogens is 1. The summed E-state index contributed by atoms with van der Waals surface area (Å²) in [5, 5.41) is 16.8. The number of nitro benzene ring substituents is 1. The van der Waals surface area contributed by atoms with Gasteiger partial charge in [0.2, 0.25) is 0 Å². The van der Waals surface area contributed by atoms with E-state index in [4.69, 9.17) is 11.6 Å². The number of anilines is 2. The second kappa shape index (κ2) is 6.19. The molecule has 1 aromatic heterocycles. The molecule has 1 amide bonds. The predicted octanol–water partition coefficient (Wildman–Crippen LogP) is 2.94. The lowest BCUT2D eigenvalue weighted by Gasteiger charge is -2.08. The molecule has 0 atom stereocenters. The van der Waals surface area contributed by atoms with Gasteiger partial charge in [-0.1, -0.05) is 17.7 Å². The first-order chi connectivity index (χ1) is 10.0. The lowest BCUT2D eigenvalue weighted by Crippen LogP contribution is -2.15. The molecule has 7 nitrogen and oxygen atoms in total. The van der Waals surface area contributed by atoms with Crippen LogP contribution in [0.1, 0.15) is 10.4 Å². The molecular formula is C13H11ClN4O3. The molecule has 21 heavy (non-hydrogen) atoms. The number of rotatable bonds is 4. The number of carbonyl (C=O) groups is 1. The van der Waals surface area contributed by atoms with E-state index in [1.807, 2.05) is 0 Å². The maximum atomic E-state index is 12.2. The third-order valence-electron chi connectivity index (χ3n) is 2.70. The molecule has 8 heteroatoms. The molecule has 0 bridgehead atoms. The van der Waals surface area contributed by atoms with Gasteiger partial charge in [-0.05, 0) is 24.3 Å². The van der Waals surface area contributed by atoms with Crippen molar-refractivity contribution in [2.45, 2.75) is 0 Å². The van der Waals surface area contributed by atoms with Crippen LogP contribution < -0.4 is 10.6 Å². The van der Waals surface area contributed by atoms with E-state index < -0.39 is 10.8 Å². The summed E-state index contributed by atoms with van der Waals surface area (Å²) in [6.45, 7) is 0. The van der Waals surface area contributed by atoms with E-state index in [0.29, 0.717) is 5.02 Å². The second-order valence-electron chi connectivity index (χ2n) is 4.02. The van der Waals surface area contributed by atoms with Gasteiger partial charge in [0.25, 0.3) is 5.91 Å². The fourth-order valence-corrected chi connectivity index (χ4v) is 1.87. The second-order valence-corrected chi connectivity index (χ2v) is 4.46. The Labute approximate surface area is 125 Å². The molecule has 0 saturated carbocycles. The summed E-state index contributed by atoms with van der Waals surface area (Å²) in [6.07, 6.45) is 1.37. The van der Waals surface area contributed by atoms with Crippen LogP contribution in [0.3, 0.4) is 0 Å². The lowest BCUT2D eigenvalue weighted by atomic mass is 10.1. The fourth-order valence-electron chi connectivity index (χ4n) is 1.76. The smallest absolute Gasteiger partial charge is 0.305 e. The minimum absolute atomic E-state index is 0.0522. The average Bonchev–Trinajstić information content (AvgIpc) is 2.48. The van der Waals surface area contributed by atoms with Gasteiger partial charge in [-0.2, -0.15) is 0 Å². The largest absolute Gasteiger partial charge is 0.383 e. The Hall–Kier alpha value is -2.67. The van der Waals surface area contributed by atoms with Gasteiger partial charge in [-0.15, -0.1) is 0 Å². The number of hydrogen-bond donors (Lipinski definition) is 2. The summed E-state index contributed by atoms with van der Waals surface area (Å²) >= 11 is 5.70. The van der Waals surface area contributed by atoms with Crippen molar-refractivity contribution in [2.75, 3.05) is 17.7 Å². The monoisotopic (exact) mass is 306 g/mol. The fraction of sp³-hybridized carbons (Fsp3) is 0.0769. The molecule has 0 radical (unpaired) electrons. The minimum Gasteiger partial charge on any atom is -0.383 e. The molecule has 1 heterocycles. The maximum Gasteiger partial charge on any atom is 0.305 e. The van der Waals surface area contributed by atoms with Gasteiger partial charge in [-0.25, -0.2) is 4.98 Å².